The maximum absolute atomic E-state index is 15.2. The first-order valence-electron chi connectivity index (χ1n) is 22.5. The number of hydrogen-bond acceptors (Lipinski definition) is 7. The average molecular weight is 851 g/mol. The van der Waals surface area contributed by atoms with E-state index in [9.17, 15) is 24.3 Å². The van der Waals surface area contributed by atoms with Gasteiger partial charge < -0.3 is 14.6 Å². The number of aliphatic carboxylic acids is 1. The van der Waals surface area contributed by atoms with Gasteiger partial charge in [0.15, 0.2) is 11.6 Å². The van der Waals surface area contributed by atoms with Crippen LogP contribution in [0.3, 0.4) is 0 Å². The number of amides is 1. The molecule has 1 aromatic carbocycles. The summed E-state index contributed by atoms with van der Waals surface area (Å²) < 4.78 is 12.1. The fourth-order valence-corrected chi connectivity index (χ4v) is 14.0. The van der Waals surface area contributed by atoms with Gasteiger partial charge in [-0.2, -0.15) is 0 Å². The van der Waals surface area contributed by atoms with Gasteiger partial charge in [-0.15, -0.1) is 0 Å². The summed E-state index contributed by atoms with van der Waals surface area (Å²) in [4.78, 5) is 69.6. The Bertz CT molecular complexity index is 1930. The van der Waals surface area contributed by atoms with Gasteiger partial charge in [0.2, 0.25) is 0 Å². The largest absolute Gasteiger partial charge is 0.481 e. The fourth-order valence-electron chi connectivity index (χ4n) is 13.9. The molecule has 0 saturated heterocycles. The second kappa shape index (κ2) is 15.9. The monoisotopic (exact) mass is 849 g/mol. The number of carbonyl (C=O) groups is 5. The van der Waals surface area contributed by atoms with Crippen LogP contribution in [0.25, 0.3) is 0 Å². The molecule has 0 aliphatic heterocycles. The maximum Gasteiger partial charge on any atom is 0.410 e. The third-order valence-electron chi connectivity index (χ3n) is 16.7. The molecule has 1 amide bonds. The number of carboxylic acids is 1. The van der Waals surface area contributed by atoms with Gasteiger partial charge in [0.25, 0.3) is 0 Å². The molecule has 0 spiro atoms. The molecule has 4 saturated carbocycles. The second-order valence-corrected chi connectivity index (χ2v) is 23.4. The van der Waals surface area contributed by atoms with Gasteiger partial charge >= 0.3 is 18.0 Å². The van der Waals surface area contributed by atoms with Crippen LogP contribution in [-0.4, -0.2) is 57.9 Å². The first kappa shape index (κ1) is 46.3. The maximum atomic E-state index is 15.2. The topological polar surface area (TPSA) is 127 Å². The average Bonchev–Trinajstić information content (AvgIpc) is 3.42. The molecule has 6 rings (SSSR count). The van der Waals surface area contributed by atoms with E-state index in [4.69, 9.17) is 21.1 Å². The molecule has 332 valence electrons. The van der Waals surface area contributed by atoms with Crippen LogP contribution in [0.1, 0.15) is 159 Å². The molecule has 10 heteroatoms. The number of rotatable bonds is 11. The highest BCUT2D eigenvalue weighted by Gasteiger charge is 2.71. The van der Waals surface area contributed by atoms with Crippen LogP contribution in [-0.2, 0) is 35.2 Å². The fraction of sp³-hybridized carbons (Fsp3) is 0.740. The molecule has 8 atom stereocenters. The van der Waals surface area contributed by atoms with Crippen molar-refractivity contribution in [1.29, 1.82) is 0 Å². The van der Waals surface area contributed by atoms with Crippen LogP contribution in [0, 0.1) is 56.2 Å². The lowest BCUT2D eigenvalue weighted by molar-refractivity contribution is -0.233. The van der Waals surface area contributed by atoms with Crippen molar-refractivity contribution in [3.63, 3.8) is 0 Å². The number of allylic oxidation sites excluding steroid dienone is 2. The molecule has 9 nitrogen and oxygen atoms in total. The number of fused-ring (bicyclic) bond motifs is 7. The van der Waals surface area contributed by atoms with Crippen LogP contribution in [0.5, 0.6) is 0 Å². The molecule has 0 radical (unpaired) electrons. The number of halogens is 1. The Hall–Kier alpha value is -3.20. The van der Waals surface area contributed by atoms with Gasteiger partial charge in [-0.25, -0.2) is 4.79 Å². The number of esters is 1. The van der Waals surface area contributed by atoms with Gasteiger partial charge in [0.05, 0.1) is 24.8 Å². The van der Waals surface area contributed by atoms with Crippen LogP contribution < -0.4 is 0 Å². The number of benzene rings is 1. The Morgan fingerprint density at radius 3 is 2.10 bits per heavy atom. The number of hydrogen-bond donors (Lipinski definition) is 1. The minimum absolute atomic E-state index is 0.00331. The van der Waals surface area contributed by atoms with E-state index in [1.807, 2.05) is 32.9 Å². The van der Waals surface area contributed by atoms with E-state index < -0.39 is 28.5 Å². The van der Waals surface area contributed by atoms with Crippen molar-refractivity contribution in [1.82, 2.24) is 4.90 Å². The number of Topliss-reactive ketones (excluding diaryl/α,β-unsaturated/α-hetero) is 2. The summed E-state index contributed by atoms with van der Waals surface area (Å²) >= 11 is 6.19. The van der Waals surface area contributed by atoms with Crippen molar-refractivity contribution < 1.29 is 38.6 Å². The van der Waals surface area contributed by atoms with Crippen molar-refractivity contribution in [3.8, 4) is 0 Å². The van der Waals surface area contributed by atoms with Crippen molar-refractivity contribution in [2.45, 2.75) is 172 Å². The molecule has 0 bridgehead atoms. The molecule has 1 aromatic rings. The lowest BCUT2D eigenvalue weighted by Gasteiger charge is -2.72. The zero-order valence-corrected chi connectivity index (χ0v) is 39.3. The minimum atomic E-state index is -0.964. The van der Waals surface area contributed by atoms with E-state index in [1.165, 1.54) is 4.90 Å². The standard InChI is InChI=1S/C50H72ClNO8/c1-30(2)41-34(53)25-50(37(54)29-52(43(58)60-44(3,4)5)28-31-13-15-32(51)16-14-31)24-23-48(11)33(42(41)50)17-18-36-47(10)21-20-38(46(8,9)35(47)19-22-49(36,48)12)59-40(57)27-45(6,7)26-39(55)56/h13-16,30,33,35-36,38H,17-29H2,1-12H3,(H,55,56)/t33-,35+,36-,38+,47+,48-,49-,50+/m1/s1. The third-order valence-corrected chi connectivity index (χ3v) is 17.0. The van der Waals surface area contributed by atoms with Gasteiger partial charge in [0.1, 0.15) is 11.7 Å². The molecule has 0 unspecified atom stereocenters. The Kier molecular flexibility index (Phi) is 12.2. The summed E-state index contributed by atoms with van der Waals surface area (Å²) in [6, 6.07) is 7.27. The Balaban J connectivity index is 1.29. The highest BCUT2D eigenvalue weighted by atomic mass is 35.5. The van der Waals surface area contributed by atoms with Crippen LogP contribution in [0.15, 0.2) is 35.4 Å². The third kappa shape index (κ3) is 8.12. The van der Waals surface area contributed by atoms with E-state index in [0.29, 0.717) is 23.3 Å². The normalized spacial score (nSPS) is 33.6. The predicted molar refractivity (Wildman–Crippen MR) is 233 cm³/mol. The molecule has 1 N–H and O–H groups in total. The number of carboxylic acid groups (broad SMARTS) is 1. The minimum Gasteiger partial charge on any atom is -0.481 e. The van der Waals surface area contributed by atoms with Gasteiger partial charge in [-0.3, -0.25) is 24.1 Å². The van der Waals surface area contributed by atoms with Crippen LogP contribution in [0.4, 0.5) is 4.79 Å². The highest BCUT2D eigenvalue weighted by molar-refractivity contribution is 6.30. The van der Waals surface area contributed by atoms with E-state index in [1.54, 1.807) is 26.0 Å². The van der Waals surface area contributed by atoms with Gasteiger partial charge in [-0.05, 0) is 146 Å². The van der Waals surface area contributed by atoms with E-state index in [2.05, 4.69) is 48.5 Å². The summed E-state index contributed by atoms with van der Waals surface area (Å²) in [6.07, 6.45) is 6.30. The molecule has 0 aromatic heterocycles. The summed E-state index contributed by atoms with van der Waals surface area (Å²) in [5.41, 5.74) is -0.190. The van der Waals surface area contributed by atoms with Crippen LogP contribution in [0.2, 0.25) is 5.02 Å². The van der Waals surface area contributed by atoms with Crippen molar-refractivity contribution >= 4 is 41.2 Å². The predicted octanol–water partition coefficient (Wildman–Crippen LogP) is 11.4. The Labute approximate surface area is 364 Å². The van der Waals surface area contributed by atoms with Crippen molar-refractivity contribution in [2.24, 2.45) is 56.2 Å². The van der Waals surface area contributed by atoms with Crippen LogP contribution >= 0.6 is 11.6 Å². The lowest BCUT2D eigenvalue weighted by atomic mass is 9.33. The van der Waals surface area contributed by atoms with Crippen molar-refractivity contribution in [3.05, 3.63) is 46.0 Å². The van der Waals surface area contributed by atoms with E-state index in [-0.39, 0.29) is 89.5 Å². The molecule has 5 aliphatic rings. The highest BCUT2D eigenvalue weighted by Crippen LogP contribution is 2.77. The summed E-state index contributed by atoms with van der Waals surface area (Å²) in [6.45, 7) is 25.2. The Morgan fingerprint density at radius 2 is 1.50 bits per heavy atom. The number of ketones is 2. The van der Waals surface area contributed by atoms with Gasteiger partial charge in [0, 0.05) is 23.4 Å². The quantitative estimate of drug-likeness (QED) is 0.218. The summed E-state index contributed by atoms with van der Waals surface area (Å²) in [7, 11) is 0. The smallest absolute Gasteiger partial charge is 0.410 e. The first-order chi connectivity index (χ1) is 27.6. The number of nitrogens with zero attached hydrogens (tertiary/aromatic N) is 1. The second-order valence-electron chi connectivity index (χ2n) is 22.9. The van der Waals surface area contributed by atoms with E-state index >= 15 is 4.79 Å². The summed E-state index contributed by atoms with van der Waals surface area (Å²) in [5.74, 6) is -0.493. The zero-order chi connectivity index (χ0) is 44.6. The van der Waals surface area contributed by atoms with Gasteiger partial charge in [-0.1, -0.05) is 86.0 Å². The molecule has 0 heterocycles. The lowest BCUT2D eigenvalue weighted by Crippen LogP contribution is -2.66. The molecule has 5 aliphatic carbocycles. The zero-order valence-electron chi connectivity index (χ0n) is 38.5. The molecular weight excluding hydrogens is 778 g/mol. The summed E-state index contributed by atoms with van der Waals surface area (Å²) in [5, 5.41) is 9.97. The van der Waals surface area contributed by atoms with E-state index in [0.717, 1.165) is 61.7 Å². The molecule has 4 fully saturated rings. The SMILES string of the molecule is CC(C)C1=C2[C@H]3CC[C@@H]4[C@@]5(C)CC[C@H](OC(=O)CC(C)(C)CC(=O)O)C(C)(C)[C@@H]5CC[C@@]4(C)[C@]3(C)CC[C@@]2(C(=O)CN(Cc2ccc(Cl)cc2)C(=O)OC(C)(C)C)CC1=O. The number of ether oxygens (including phenoxy) is 2. The Morgan fingerprint density at radius 1 is 0.850 bits per heavy atom. The first-order valence-corrected chi connectivity index (χ1v) is 22.9. The molecule has 60 heavy (non-hydrogen) atoms. The number of carbonyl (C=O) groups excluding carboxylic acids is 4. The van der Waals surface area contributed by atoms with Crippen molar-refractivity contribution in [2.75, 3.05) is 6.54 Å². The molecular formula is C50H72ClNO8.